The van der Waals surface area contributed by atoms with Crippen molar-refractivity contribution in [3.63, 3.8) is 0 Å². The second-order valence-corrected chi connectivity index (χ2v) is 10.8. The lowest BCUT2D eigenvalue weighted by Crippen LogP contribution is -2.28. The summed E-state index contributed by atoms with van der Waals surface area (Å²) >= 11 is 3.46. The highest BCUT2D eigenvalue weighted by molar-refractivity contribution is 7.99. The average Bonchev–Trinajstić information content (AvgIpc) is 3.52. The van der Waals surface area contributed by atoms with Crippen molar-refractivity contribution in [1.82, 2.24) is 20.3 Å². The van der Waals surface area contributed by atoms with Crippen molar-refractivity contribution in [2.75, 3.05) is 24.2 Å². The number of pyridine rings is 1. The maximum Gasteiger partial charge on any atom is 0.188 e. The Morgan fingerprint density at radius 3 is 2.77 bits per heavy atom. The van der Waals surface area contributed by atoms with Crippen molar-refractivity contribution < 1.29 is 4.74 Å². The van der Waals surface area contributed by atoms with Gasteiger partial charge in [0, 0.05) is 33.6 Å². The number of aromatic amines is 1. The van der Waals surface area contributed by atoms with Crippen molar-refractivity contribution in [3.05, 3.63) is 77.2 Å². The topological polar surface area (TPSA) is 74.9 Å². The van der Waals surface area contributed by atoms with Crippen LogP contribution in [0.2, 0.25) is 0 Å². The van der Waals surface area contributed by atoms with E-state index in [1.54, 1.807) is 11.3 Å². The first-order chi connectivity index (χ1) is 17.2. The molecule has 0 saturated carbocycles. The van der Waals surface area contributed by atoms with Crippen LogP contribution in [0.3, 0.4) is 0 Å². The van der Waals surface area contributed by atoms with Gasteiger partial charge in [-0.2, -0.15) is 0 Å². The minimum absolute atomic E-state index is 0.681. The van der Waals surface area contributed by atoms with Crippen molar-refractivity contribution in [1.29, 1.82) is 0 Å². The van der Waals surface area contributed by atoms with Crippen LogP contribution in [-0.4, -0.2) is 33.8 Å². The summed E-state index contributed by atoms with van der Waals surface area (Å²) in [7, 11) is 0. The van der Waals surface area contributed by atoms with Gasteiger partial charge in [0.15, 0.2) is 16.7 Å². The van der Waals surface area contributed by atoms with Crippen LogP contribution < -0.4 is 15.4 Å². The molecule has 0 radical (unpaired) electrons. The van der Waals surface area contributed by atoms with Gasteiger partial charge in [-0.1, -0.05) is 18.2 Å². The number of H-pyrrole nitrogens is 1. The smallest absolute Gasteiger partial charge is 0.188 e. The molecule has 3 aromatic heterocycles. The summed E-state index contributed by atoms with van der Waals surface area (Å²) in [6.45, 7) is 4.32. The van der Waals surface area contributed by atoms with Crippen molar-refractivity contribution >= 4 is 34.0 Å². The van der Waals surface area contributed by atoms with Crippen LogP contribution in [0, 0.1) is 12.8 Å². The Balaban J connectivity index is 1.28. The van der Waals surface area contributed by atoms with Gasteiger partial charge >= 0.3 is 0 Å². The van der Waals surface area contributed by atoms with Crippen LogP contribution in [0.15, 0.2) is 65.0 Å². The van der Waals surface area contributed by atoms with Gasteiger partial charge in [0.1, 0.15) is 5.75 Å². The van der Waals surface area contributed by atoms with Gasteiger partial charge in [-0.3, -0.25) is 0 Å². The number of ether oxygens (including phenoxy) is 1. The number of hydrogen-bond donors (Lipinski definition) is 3. The first kappa shape index (κ1) is 23.9. The van der Waals surface area contributed by atoms with Gasteiger partial charge in [0.05, 0.1) is 5.69 Å². The van der Waals surface area contributed by atoms with Crippen LogP contribution >= 0.6 is 23.1 Å². The number of aromatic nitrogens is 3. The number of hydrogen-bond acceptors (Lipinski definition) is 7. The highest BCUT2D eigenvalue weighted by Gasteiger charge is 2.15. The standard InChI is InChI=1S/C27H31N5OS2/c1-19-7-8-21(30-19)9-10-22-18-35-27(31-22)32-26-25(33-23-5-3-2-4-6-23)15-24(16-29-26)34-17-20-11-13-28-14-12-20/h2-8,15-16,18,20,28,30H,9-14,17H2,1H3,(H,29,31,32). The highest BCUT2D eigenvalue weighted by Crippen LogP contribution is 2.35. The van der Waals surface area contributed by atoms with Gasteiger partial charge in [-0.25, -0.2) is 9.97 Å². The third-order valence-electron chi connectivity index (χ3n) is 6.06. The number of piperidine rings is 1. The molecular formula is C27H31N5OS2. The molecule has 4 heterocycles. The number of thiazole rings is 1. The van der Waals surface area contributed by atoms with E-state index in [1.165, 1.54) is 24.2 Å². The maximum absolute atomic E-state index is 6.25. The number of thioether (sulfide) groups is 1. The average molecular weight is 506 g/mol. The molecule has 0 amide bonds. The van der Waals surface area contributed by atoms with Crippen molar-refractivity contribution in [3.8, 4) is 11.5 Å². The molecule has 0 aliphatic carbocycles. The SMILES string of the molecule is Cc1ccc(CCc2csc(Nc3ncc(SCC4CCNCC4)cc3Oc3ccccc3)n2)[nH]1. The quantitative estimate of drug-likeness (QED) is 0.211. The van der Waals surface area contributed by atoms with Gasteiger partial charge in [0.2, 0.25) is 0 Å². The molecule has 1 fully saturated rings. The van der Waals surface area contributed by atoms with E-state index in [4.69, 9.17) is 14.7 Å². The summed E-state index contributed by atoms with van der Waals surface area (Å²) in [5.74, 6) is 4.04. The fourth-order valence-electron chi connectivity index (χ4n) is 4.11. The minimum Gasteiger partial charge on any atom is -0.453 e. The van der Waals surface area contributed by atoms with Gasteiger partial charge in [-0.05, 0) is 81.9 Å². The molecule has 5 rings (SSSR count). The normalized spacial score (nSPS) is 14.2. The molecule has 1 aliphatic heterocycles. The Kier molecular flexibility index (Phi) is 8.03. The Labute approximate surface area is 215 Å². The van der Waals surface area contributed by atoms with Crippen LogP contribution in [0.5, 0.6) is 11.5 Å². The molecule has 0 spiro atoms. The van der Waals surface area contributed by atoms with Crippen LogP contribution in [0.1, 0.15) is 29.9 Å². The minimum atomic E-state index is 0.681. The molecule has 1 aliphatic rings. The largest absolute Gasteiger partial charge is 0.453 e. The predicted molar refractivity (Wildman–Crippen MR) is 145 cm³/mol. The number of aryl methyl sites for hydroxylation is 3. The number of para-hydroxylation sites is 1. The van der Waals surface area contributed by atoms with Crippen LogP contribution in [0.25, 0.3) is 0 Å². The Bertz CT molecular complexity index is 1220. The summed E-state index contributed by atoms with van der Waals surface area (Å²) < 4.78 is 6.25. The number of rotatable bonds is 10. The zero-order valence-electron chi connectivity index (χ0n) is 19.9. The van der Waals surface area contributed by atoms with Crippen LogP contribution in [0.4, 0.5) is 10.9 Å². The number of nitrogens with zero attached hydrogens (tertiary/aromatic N) is 2. The molecule has 4 aromatic rings. The van der Waals surface area contributed by atoms with E-state index in [1.807, 2.05) is 48.3 Å². The number of benzene rings is 1. The number of nitrogens with one attached hydrogen (secondary N) is 3. The van der Waals surface area contributed by atoms with Crippen molar-refractivity contribution in [2.24, 2.45) is 5.92 Å². The van der Waals surface area contributed by atoms with E-state index >= 15 is 0 Å². The molecule has 182 valence electrons. The molecule has 35 heavy (non-hydrogen) atoms. The van der Waals surface area contributed by atoms with Gasteiger partial charge in [-0.15, -0.1) is 23.1 Å². The first-order valence-corrected chi connectivity index (χ1v) is 14.0. The van der Waals surface area contributed by atoms with E-state index in [9.17, 15) is 0 Å². The fraction of sp³-hybridized carbons (Fsp3) is 0.333. The van der Waals surface area contributed by atoms with Gasteiger partial charge in [0.25, 0.3) is 0 Å². The summed E-state index contributed by atoms with van der Waals surface area (Å²) in [4.78, 5) is 14.0. The zero-order valence-corrected chi connectivity index (χ0v) is 21.6. The molecular weight excluding hydrogens is 474 g/mol. The fourth-order valence-corrected chi connectivity index (χ4v) is 5.93. The van der Waals surface area contributed by atoms with E-state index < -0.39 is 0 Å². The molecule has 0 atom stereocenters. The monoisotopic (exact) mass is 505 g/mol. The molecule has 1 saturated heterocycles. The highest BCUT2D eigenvalue weighted by atomic mass is 32.2. The molecule has 6 nitrogen and oxygen atoms in total. The Morgan fingerprint density at radius 2 is 1.97 bits per heavy atom. The summed E-state index contributed by atoms with van der Waals surface area (Å²) in [6, 6.07) is 16.2. The van der Waals surface area contributed by atoms with E-state index in [-0.39, 0.29) is 0 Å². The Hall–Kier alpha value is -2.81. The second-order valence-electron chi connectivity index (χ2n) is 8.87. The van der Waals surface area contributed by atoms with Gasteiger partial charge < -0.3 is 20.4 Å². The molecule has 8 heteroatoms. The van der Waals surface area contributed by atoms with E-state index in [2.05, 4.69) is 46.1 Å². The Morgan fingerprint density at radius 1 is 1.11 bits per heavy atom. The number of anilines is 2. The molecule has 0 unspecified atom stereocenters. The third kappa shape index (κ3) is 6.87. The van der Waals surface area contributed by atoms with E-state index in [0.717, 1.165) is 59.1 Å². The third-order valence-corrected chi connectivity index (χ3v) is 8.06. The first-order valence-electron chi connectivity index (χ1n) is 12.1. The predicted octanol–water partition coefficient (Wildman–Crippen LogP) is 6.59. The van der Waals surface area contributed by atoms with E-state index in [0.29, 0.717) is 11.6 Å². The lowest BCUT2D eigenvalue weighted by molar-refractivity contribution is 0.408. The molecule has 3 N–H and O–H groups in total. The summed E-state index contributed by atoms with van der Waals surface area (Å²) in [5, 5.41) is 9.77. The lowest BCUT2D eigenvalue weighted by atomic mass is 10.0. The van der Waals surface area contributed by atoms with Crippen molar-refractivity contribution in [2.45, 2.75) is 37.5 Å². The zero-order chi connectivity index (χ0) is 23.9. The second kappa shape index (κ2) is 11.7. The lowest BCUT2D eigenvalue weighted by Gasteiger charge is -2.22. The summed E-state index contributed by atoms with van der Waals surface area (Å²) in [5.41, 5.74) is 3.50. The summed E-state index contributed by atoms with van der Waals surface area (Å²) in [6.07, 6.45) is 6.26. The van der Waals surface area contributed by atoms with Crippen LogP contribution in [-0.2, 0) is 12.8 Å². The maximum atomic E-state index is 6.25. The molecule has 1 aromatic carbocycles. The molecule has 0 bridgehead atoms.